The lowest BCUT2D eigenvalue weighted by atomic mass is 9.83. The molecule has 7 N–H and O–H groups in total. The van der Waals surface area contributed by atoms with Gasteiger partial charge in [-0.05, 0) is 74.4 Å². The van der Waals surface area contributed by atoms with Crippen LogP contribution in [0.15, 0.2) is 59.7 Å². The van der Waals surface area contributed by atoms with Crippen LogP contribution < -0.4 is 14.8 Å². The lowest BCUT2D eigenvalue weighted by Gasteiger charge is -2.41. The predicted molar refractivity (Wildman–Crippen MR) is 163 cm³/mol. The van der Waals surface area contributed by atoms with E-state index in [-0.39, 0.29) is 30.5 Å². The number of halogens is 1. The number of fused-ring (bicyclic) bond motifs is 1. The number of aliphatic hydroxyl groups excluding tert-OH is 4. The highest BCUT2D eigenvalue weighted by molar-refractivity contribution is 6.30. The van der Waals surface area contributed by atoms with Crippen molar-refractivity contribution in [3.8, 4) is 17.2 Å². The van der Waals surface area contributed by atoms with Crippen LogP contribution in [0.4, 0.5) is 0 Å². The van der Waals surface area contributed by atoms with Crippen LogP contribution in [0.5, 0.6) is 17.2 Å². The quantitative estimate of drug-likeness (QED) is 0.149. The largest absolute Gasteiger partial charge is 0.504 e. The van der Waals surface area contributed by atoms with E-state index < -0.39 is 66.6 Å². The van der Waals surface area contributed by atoms with Crippen molar-refractivity contribution in [1.82, 2.24) is 5.32 Å². The summed E-state index contributed by atoms with van der Waals surface area (Å²) in [5.74, 6) is -0.438. The van der Waals surface area contributed by atoms with Crippen molar-refractivity contribution in [2.24, 2.45) is 0 Å². The first kappa shape index (κ1) is 34.1. The highest BCUT2D eigenvalue weighted by Gasteiger charge is 2.55. The second kappa shape index (κ2) is 13.9. The maximum absolute atomic E-state index is 12.9. The van der Waals surface area contributed by atoms with Gasteiger partial charge in [0.1, 0.15) is 61.9 Å². The topological polar surface area (TPSA) is 197 Å². The van der Waals surface area contributed by atoms with Crippen LogP contribution in [-0.2, 0) is 19.0 Å². The van der Waals surface area contributed by atoms with Crippen LogP contribution in [0.3, 0.4) is 0 Å². The maximum Gasteiger partial charge on any atom is 0.247 e. The molecule has 2 aromatic carbocycles. The van der Waals surface area contributed by atoms with Gasteiger partial charge in [0.25, 0.3) is 0 Å². The van der Waals surface area contributed by atoms with Gasteiger partial charge in [-0.1, -0.05) is 23.7 Å². The van der Waals surface area contributed by atoms with E-state index in [1.165, 1.54) is 32.1 Å². The van der Waals surface area contributed by atoms with Gasteiger partial charge in [-0.3, -0.25) is 4.79 Å². The molecular weight excluding hydrogens is 626 g/mol. The molecule has 250 valence electrons. The molecular formula is C32H38ClNO12. The standard InChI is InChI=1S/C32H38ClNO12/c1-15(9-10-42-19-6-4-5-18(33)13-19)26-29(39)32(3,41)31(46-26)45-21-8-7-17(12-20(21)35)11-16(2)30(40)34-22-23(36)25(38)28-27(24(22)37)43-14-44-28/h4-9,11-13,22-29,31,35-39,41H,10,14H2,1-3H3,(H,34,40)/b15-9+,16-11+/t22-,23+,24-,25-,26-,27+,28-,29-,31-,32+/m1/s1. The smallest absolute Gasteiger partial charge is 0.247 e. The Kier molecular flexibility index (Phi) is 10.3. The number of hydrogen-bond acceptors (Lipinski definition) is 12. The van der Waals surface area contributed by atoms with Gasteiger partial charge in [-0.25, -0.2) is 0 Å². The number of phenolic OH excluding ortho intramolecular Hbond substituents is 1. The summed E-state index contributed by atoms with van der Waals surface area (Å²) in [6, 6.07) is 9.97. The number of aromatic hydroxyl groups is 1. The third-order valence-electron chi connectivity index (χ3n) is 8.39. The number of phenols is 1. The zero-order valence-electron chi connectivity index (χ0n) is 25.3. The molecule has 2 aliphatic heterocycles. The number of amides is 1. The van der Waals surface area contributed by atoms with Crippen molar-refractivity contribution in [3.63, 3.8) is 0 Å². The minimum absolute atomic E-state index is 0.0425. The molecule has 5 rings (SSSR count). The molecule has 2 heterocycles. The predicted octanol–water partition coefficient (Wildman–Crippen LogP) is 1.01. The van der Waals surface area contributed by atoms with Crippen molar-refractivity contribution in [1.29, 1.82) is 0 Å². The Labute approximate surface area is 270 Å². The lowest BCUT2D eigenvalue weighted by Crippen LogP contribution is -2.67. The molecule has 46 heavy (non-hydrogen) atoms. The summed E-state index contributed by atoms with van der Waals surface area (Å²) in [5.41, 5.74) is -0.677. The van der Waals surface area contributed by atoms with Crippen molar-refractivity contribution >= 4 is 23.6 Å². The molecule has 2 saturated heterocycles. The maximum atomic E-state index is 12.9. The van der Waals surface area contributed by atoms with E-state index in [2.05, 4.69) is 5.32 Å². The second-order valence-corrected chi connectivity index (χ2v) is 12.2. The van der Waals surface area contributed by atoms with Gasteiger partial charge in [0.2, 0.25) is 12.2 Å². The SMILES string of the molecule is C/C(=C\c1ccc(O[C@@H]2O[C@H](/C(C)=C/COc3cccc(Cl)c3)[C@@H](O)[C@]2(C)O)c(O)c1)C(=O)N[C@@H]1[C@H](O)[C@@H](O)[C@H]2OCO[C@H]2[C@@H]1O. The van der Waals surface area contributed by atoms with E-state index in [1.807, 2.05) is 0 Å². The highest BCUT2D eigenvalue weighted by Crippen LogP contribution is 2.38. The number of benzene rings is 2. The molecule has 2 aromatic rings. The van der Waals surface area contributed by atoms with Crippen LogP contribution >= 0.6 is 11.6 Å². The Balaban J connectivity index is 1.21. The van der Waals surface area contributed by atoms with E-state index >= 15 is 0 Å². The van der Waals surface area contributed by atoms with E-state index in [1.54, 1.807) is 43.3 Å². The minimum atomic E-state index is -1.84. The number of ether oxygens (including phenoxy) is 5. The van der Waals surface area contributed by atoms with E-state index in [0.717, 1.165) is 0 Å². The van der Waals surface area contributed by atoms with Gasteiger partial charge in [-0.2, -0.15) is 0 Å². The van der Waals surface area contributed by atoms with Crippen molar-refractivity contribution < 1.29 is 59.1 Å². The zero-order valence-corrected chi connectivity index (χ0v) is 26.1. The molecule has 1 aliphatic carbocycles. The molecule has 1 saturated carbocycles. The number of nitrogens with one attached hydrogen (secondary N) is 1. The molecule has 3 aliphatic rings. The fourth-order valence-corrected chi connectivity index (χ4v) is 5.79. The van der Waals surface area contributed by atoms with Gasteiger partial charge in [0, 0.05) is 10.6 Å². The number of hydrogen-bond donors (Lipinski definition) is 7. The molecule has 0 radical (unpaired) electrons. The summed E-state index contributed by atoms with van der Waals surface area (Å²) in [5, 5.41) is 67.0. The normalized spacial score (nSPS) is 34.7. The summed E-state index contributed by atoms with van der Waals surface area (Å²) in [6.45, 7) is 4.58. The average molecular weight is 664 g/mol. The van der Waals surface area contributed by atoms with E-state index in [9.17, 15) is 35.4 Å². The third-order valence-corrected chi connectivity index (χ3v) is 8.63. The number of aliphatic hydroxyl groups is 5. The molecule has 0 aromatic heterocycles. The lowest BCUT2D eigenvalue weighted by molar-refractivity contribution is -0.155. The molecule has 0 bridgehead atoms. The number of carbonyl (C=O) groups excluding carboxylic acids is 1. The van der Waals surface area contributed by atoms with Gasteiger partial charge in [-0.15, -0.1) is 0 Å². The Morgan fingerprint density at radius 2 is 1.78 bits per heavy atom. The minimum Gasteiger partial charge on any atom is -0.504 e. The number of rotatable bonds is 9. The van der Waals surface area contributed by atoms with Crippen molar-refractivity contribution in [2.75, 3.05) is 13.4 Å². The Bertz CT molecular complexity index is 1480. The fraction of sp³-hybridized carbons (Fsp3) is 0.469. The number of carbonyl (C=O) groups is 1. The zero-order chi connectivity index (χ0) is 33.3. The summed E-state index contributed by atoms with van der Waals surface area (Å²) in [4.78, 5) is 12.9. The third kappa shape index (κ3) is 7.03. The fourth-order valence-electron chi connectivity index (χ4n) is 5.61. The van der Waals surface area contributed by atoms with E-state index in [4.69, 9.17) is 35.3 Å². The van der Waals surface area contributed by atoms with Crippen LogP contribution in [0.2, 0.25) is 5.02 Å². The van der Waals surface area contributed by atoms with E-state index in [0.29, 0.717) is 21.9 Å². The Morgan fingerprint density at radius 1 is 1.07 bits per heavy atom. The molecule has 0 spiro atoms. The highest BCUT2D eigenvalue weighted by atomic mass is 35.5. The monoisotopic (exact) mass is 663 g/mol. The van der Waals surface area contributed by atoms with Crippen LogP contribution in [0.25, 0.3) is 6.08 Å². The Morgan fingerprint density at radius 3 is 2.48 bits per heavy atom. The second-order valence-electron chi connectivity index (χ2n) is 11.8. The van der Waals surface area contributed by atoms with Gasteiger partial charge in [0.05, 0.1) is 6.04 Å². The summed E-state index contributed by atoms with van der Waals surface area (Å²) < 4.78 is 27.8. The molecule has 1 amide bonds. The molecule has 14 heteroatoms. The first-order chi connectivity index (χ1) is 21.8. The summed E-state index contributed by atoms with van der Waals surface area (Å²) in [6.07, 6.45) is -6.47. The summed E-state index contributed by atoms with van der Waals surface area (Å²) >= 11 is 5.98. The first-order valence-electron chi connectivity index (χ1n) is 14.6. The van der Waals surface area contributed by atoms with Crippen LogP contribution in [0, 0.1) is 0 Å². The van der Waals surface area contributed by atoms with Gasteiger partial charge >= 0.3 is 0 Å². The van der Waals surface area contributed by atoms with Crippen LogP contribution in [-0.4, -0.2) is 111 Å². The van der Waals surface area contributed by atoms with Crippen LogP contribution in [0.1, 0.15) is 26.3 Å². The molecule has 0 unspecified atom stereocenters. The summed E-state index contributed by atoms with van der Waals surface area (Å²) in [7, 11) is 0. The Hall–Kier alpha value is -3.24. The van der Waals surface area contributed by atoms with Crippen molar-refractivity contribution in [2.45, 2.75) is 81.4 Å². The van der Waals surface area contributed by atoms with Crippen molar-refractivity contribution in [3.05, 3.63) is 70.3 Å². The molecule has 13 nitrogen and oxygen atoms in total. The average Bonchev–Trinajstić information content (AvgIpc) is 3.59. The van der Waals surface area contributed by atoms with Gasteiger partial charge in [0.15, 0.2) is 17.1 Å². The van der Waals surface area contributed by atoms with Gasteiger partial charge < -0.3 is 59.6 Å². The molecule has 10 atom stereocenters. The first-order valence-corrected chi connectivity index (χ1v) is 15.0. The molecule has 3 fully saturated rings.